The lowest BCUT2D eigenvalue weighted by Gasteiger charge is -2.21. The third-order valence-corrected chi connectivity index (χ3v) is 18.9. The minimum Gasteiger partial charge on any atom is -0.462 e. The predicted octanol–water partition coefficient (Wildman–Crippen LogP) is 22.2. The van der Waals surface area contributed by atoms with Crippen LogP contribution in [0.5, 0.6) is 0 Å². The minimum atomic E-state index is -4.97. The maximum atomic E-state index is 13.1. The number of aliphatic hydroxyl groups excluding tert-OH is 1. The van der Waals surface area contributed by atoms with Crippen LogP contribution in [-0.2, 0) is 65.4 Å². The number of unbranched alkanes of at least 4 members (excludes halogenated alkanes) is 37. The van der Waals surface area contributed by atoms with Gasteiger partial charge in [0.2, 0.25) is 0 Å². The summed E-state index contributed by atoms with van der Waals surface area (Å²) in [6, 6.07) is 0. The Labute approximate surface area is 591 Å². The zero-order valence-electron chi connectivity index (χ0n) is 62.3. The van der Waals surface area contributed by atoms with Gasteiger partial charge in [0.25, 0.3) is 0 Å². The third-order valence-electron chi connectivity index (χ3n) is 17.0. The number of ether oxygens (including phenoxy) is 4. The molecule has 0 saturated heterocycles. The average molecular weight is 1420 g/mol. The molecular formula is C78H144O17P2. The van der Waals surface area contributed by atoms with E-state index in [0.29, 0.717) is 31.6 Å². The molecule has 0 bridgehead atoms. The summed E-state index contributed by atoms with van der Waals surface area (Å²) in [5.74, 6) is -0.684. The van der Waals surface area contributed by atoms with E-state index in [1.807, 2.05) is 0 Å². The topological polar surface area (TPSA) is 237 Å². The Morgan fingerprint density at radius 2 is 0.557 bits per heavy atom. The van der Waals surface area contributed by atoms with Gasteiger partial charge in [-0.2, -0.15) is 0 Å². The first-order chi connectivity index (χ1) is 46.9. The number of aliphatic hydroxyl groups is 1. The van der Waals surface area contributed by atoms with Crippen molar-refractivity contribution < 1.29 is 80.2 Å². The van der Waals surface area contributed by atoms with Crippen LogP contribution < -0.4 is 0 Å². The molecule has 0 aromatic heterocycles. The van der Waals surface area contributed by atoms with E-state index >= 15 is 0 Å². The van der Waals surface area contributed by atoms with Crippen LogP contribution in [0.25, 0.3) is 0 Å². The Morgan fingerprint density at radius 3 is 0.835 bits per heavy atom. The second-order valence-corrected chi connectivity index (χ2v) is 30.6. The van der Waals surface area contributed by atoms with Gasteiger partial charge in [0.15, 0.2) is 12.2 Å². The second-order valence-electron chi connectivity index (χ2n) is 27.7. The molecule has 0 heterocycles. The van der Waals surface area contributed by atoms with Crippen molar-refractivity contribution in [1.82, 2.24) is 0 Å². The molecule has 3 N–H and O–H groups in total. The highest BCUT2D eigenvalue weighted by Crippen LogP contribution is 2.45. The highest BCUT2D eigenvalue weighted by atomic mass is 31.2. The third kappa shape index (κ3) is 71.2. The van der Waals surface area contributed by atoms with E-state index in [1.54, 1.807) is 0 Å². The first-order valence-corrected chi connectivity index (χ1v) is 42.1. The molecule has 3 unspecified atom stereocenters. The van der Waals surface area contributed by atoms with Crippen molar-refractivity contribution in [3.05, 3.63) is 48.6 Å². The molecule has 0 aromatic rings. The molecule has 97 heavy (non-hydrogen) atoms. The summed E-state index contributed by atoms with van der Waals surface area (Å²) >= 11 is 0. The van der Waals surface area contributed by atoms with E-state index in [4.69, 9.17) is 37.0 Å². The normalized spacial score (nSPS) is 14.3. The standard InChI is InChI=1S/C78H144O17P2/c1-7-9-11-13-15-17-19-21-23-28-32-36-42-48-54-60-75(80)88-66-73(94-77(82)63-57-51-44-38-34-30-26-25-27-31-35-40-46-52-58-70(3)4)68-92-96(84,85)90-64-72(79)65-91-97(86,87)93-69-74(67-89-76(81)61-55-49-45-39-41-47-53-59-71(5)6)95-78(83)62-56-50-43-37-33-29-24-22-20-18-16-14-12-10-8-2/h17-24,70-74,79H,7-16,25-69H2,1-6H3,(H,84,85)(H,86,87)/b19-17-,20-18-,23-21-,24-22-/t72?,73-,74-/m1/s1. The molecule has 17 nitrogen and oxygen atoms in total. The molecule has 0 aromatic carbocycles. The van der Waals surface area contributed by atoms with Crippen LogP contribution in [-0.4, -0.2) is 96.7 Å². The van der Waals surface area contributed by atoms with Crippen molar-refractivity contribution in [1.29, 1.82) is 0 Å². The molecule has 5 atom stereocenters. The number of phosphoric acid groups is 2. The van der Waals surface area contributed by atoms with Gasteiger partial charge in [0.1, 0.15) is 19.3 Å². The molecule has 0 radical (unpaired) electrons. The lowest BCUT2D eigenvalue weighted by atomic mass is 10.0. The van der Waals surface area contributed by atoms with E-state index in [2.05, 4.69) is 90.2 Å². The average Bonchev–Trinajstić information content (AvgIpc) is 1.68. The Kier molecular flexibility index (Phi) is 66.7. The van der Waals surface area contributed by atoms with Crippen molar-refractivity contribution in [2.75, 3.05) is 39.6 Å². The number of carbonyl (C=O) groups is 4. The zero-order chi connectivity index (χ0) is 71.4. The van der Waals surface area contributed by atoms with Crippen LogP contribution in [0.4, 0.5) is 0 Å². The highest BCUT2D eigenvalue weighted by molar-refractivity contribution is 7.47. The fourth-order valence-corrected chi connectivity index (χ4v) is 12.5. The minimum absolute atomic E-state index is 0.0819. The largest absolute Gasteiger partial charge is 0.472 e. The van der Waals surface area contributed by atoms with E-state index in [-0.39, 0.29) is 25.7 Å². The molecule has 568 valence electrons. The maximum Gasteiger partial charge on any atom is 0.472 e. The molecule has 0 amide bonds. The van der Waals surface area contributed by atoms with Gasteiger partial charge in [0, 0.05) is 25.7 Å². The van der Waals surface area contributed by atoms with E-state index < -0.39 is 97.5 Å². The number of phosphoric ester groups is 2. The van der Waals surface area contributed by atoms with Gasteiger partial charge in [0.05, 0.1) is 26.4 Å². The predicted molar refractivity (Wildman–Crippen MR) is 395 cm³/mol. The molecular weight excluding hydrogens is 1270 g/mol. The van der Waals surface area contributed by atoms with Gasteiger partial charge >= 0.3 is 39.5 Å². The van der Waals surface area contributed by atoms with Crippen molar-refractivity contribution in [2.24, 2.45) is 11.8 Å². The number of carbonyl (C=O) groups excluding carboxylic acids is 4. The van der Waals surface area contributed by atoms with E-state index in [9.17, 15) is 43.2 Å². The summed E-state index contributed by atoms with van der Waals surface area (Å²) in [6.07, 6.45) is 62.7. The van der Waals surface area contributed by atoms with Gasteiger partial charge in [-0.1, -0.05) is 302 Å². The van der Waals surface area contributed by atoms with E-state index in [1.165, 1.54) is 135 Å². The number of esters is 4. The SMILES string of the molecule is CCCCCC/C=C\C=C/CCCCCCCC(=O)OC[C@H](COP(=O)(O)OCC(O)COP(=O)(O)OC[C@@H](COC(=O)CCCCCCCCCC(C)C)OC(=O)CCCCCCC/C=C\C=C/CCCCCC)OC(=O)CCCCCCCCCCCCCCCCC(C)C. The molecule has 0 aliphatic heterocycles. The van der Waals surface area contributed by atoms with Gasteiger partial charge in [-0.15, -0.1) is 0 Å². The molecule has 0 fully saturated rings. The number of rotatable bonds is 73. The van der Waals surface area contributed by atoms with Gasteiger partial charge in [-0.3, -0.25) is 37.3 Å². The zero-order valence-corrected chi connectivity index (χ0v) is 64.1. The van der Waals surface area contributed by atoms with Crippen molar-refractivity contribution in [3.63, 3.8) is 0 Å². The molecule has 0 rings (SSSR count). The lowest BCUT2D eigenvalue weighted by Crippen LogP contribution is -2.30. The van der Waals surface area contributed by atoms with Crippen LogP contribution in [0.15, 0.2) is 48.6 Å². The Morgan fingerprint density at radius 1 is 0.320 bits per heavy atom. The smallest absolute Gasteiger partial charge is 0.462 e. The number of allylic oxidation sites excluding steroid dienone is 8. The summed E-state index contributed by atoms with van der Waals surface area (Å²) in [4.78, 5) is 72.8. The quantitative estimate of drug-likeness (QED) is 0.0169. The lowest BCUT2D eigenvalue weighted by molar-refractivity contribution is -0.161. The van der Waals surface area contributed by atoms with Gasteiger partial charge in [-0.05, 0) is 88.9 Å². The van der Waals surface area contributed by atoms with Gasteiger partial charge in [-0.25, -0.2) is 9.13 Å². The Bertz CT molecular complexity index is 2060. The summed E-state index contributed by atoms with van der Waals surface area (Å²) < 4.78 is 68.5. The van der Waals surface area contributed by atoms with Crippen LogP contribution in [0.1, 0.15) is 356 Å². The molecule has 0 saturated carbocycles. The molecule has 0 aliphatic rings. The fraction of sp³-hybridized carbons (Fsp3) is 0.846. The summed E-state index contributed by atoms with van der Waals surface area (Å²) in [5, 5.41) is 10.6. The first kappa shape index (κ1) is 94.0. The van der Waals surface area contributed by atoms with Crippen molar-refractivity contribution >= 4 is 39.5 Å². The number of hydrogen-bond donors (Lipinski definition) is 3. The second kappa shape index (κ2) is 68.8. The number of hydrogen-bond acceptors (Lipinski definition) is 15. The monoisotopic (exact) mass is 1410 g/mol. The van der Waals surface area contributed by atoms with E-state index in [0.717, 1.165) is 134 Å². The first-order valence-electron chi connectivity index (χ1n) is 39.1. The Hall–Kier alpha value is -2.98. The van der Waals surface area contributed by atoms with Crippen LogP contribution in [0.2, 0.25) is 0 Å². The Balaban J connectivity index is 5.32. The maximum absolute atomic E-state index is 13.1. The summed E-state index contributed by atoms with van der Waals surface area (Å²) in [5.41, 5.74) is 0. The summed E-state index contributed by atoms with van der Waals surface area (Å²) in [7, 11) is -9.94. The van der Waals surface area contributed by atoms with Crippen molar-refractivity contribution in [2.45, 2.75) is 374 Å². The van der Waals surface area contributed by atoms with Crippen LogP contribution in [0, 0.1) is 11.8 Å². The van der Waals surface area contributed by atoms with Gasteiger partial charge < -0.3 is 33.8 Å². The highest BCUT2D eigenvalue weighted by Gasteiger charge is 2.30. The fourth-order valence-electron chi connectivity index (χ4n) is 10.9. The summed E-state index contributed by atoms with van der Waals surface area (Å²) in [6.45, 7) is 9.43. The van der Waals surface area contributed by atoms with Crippen LogP contribution in [0.3, 0.4) is 0 Å². The van der Waals surface area contributed by atoms with Crippen molar-refractivity contribution in [3.8, 4) is 0 Å². The molecule has 0 aliphatic carbocycles. The van der Waals surface area contributed by atoms with Crippen LogP contribution >= 0.6 is 15.6 Å². The molecule has 0 spiro atoms. The molecule has 19 heteroatoms.